The molecule has 5 heteroatoms. The normalized spacial score (nSPS) is 20.6. The summed E-state index contributed by atoms with van der Waals surface area (Å²) in [6, 6.07) is 5.83. The van der Waals surface area contributed by atoms with Crippen LogP contribution in [0.1, 0.15) is 28.9 Å². The van der Waals surface area contributed by atoms with Gasteiger partial charge in [-0.3, -0.25) is 10.1 Å². The number of cyclic esters (lactones) is 1. The highest BCUT2D eigenvalue weighted by atomic mass is 16.6. The van der Waals surface area contributed by atoms with Crippen LogP contribution in [0.5, 0.6) is 0 Å². The minimum absolute atomic E-state index is 0.427. The number of carbonyl (C=O) groups is 1. The minimum atomic E-state index is -0.919. The highest BCUT2D eigenvalue weighted by Gasteiger charge is 2.39. The number of benzene rings is 1. The summed E-state index contributed by atoms with van der Waals surface area (Å²) in [7, 11) is 0. The molecular formula is C10H9NO4. The topological polar surface area (TPSA) is 69.4 Å². The van der Waals surface area contributed by atoms with Gasteiger partial charge in [-0.15, -0.1) is 0 Å². The van der Waals surface area contributed by atoms with Crippen LogP contribution in [-0.2, 0) is 4.74 Å². The van der Waals surface area contributed by atoms with Crippen LogP contribution >= 0.6 is 0 Å². The van der Waals surface area contributed by atoms with Gasteiger partial charge in [-0.2, -0.15) is 0 Å². The van der Waals surface area contributed by atoms with Crippen molar-refractivity contribution in [3.63, 3.8) is 0 Å². The molecule has 1 aromatic carbocycles. The first-order valence-corrected chi connectivity index (χ1v) is 4.54. The van der Waals surface area contributed by atoms with E-state index in [0.29, 0.717) is 11.1 Å². The number of esters is 1. The Morgan fingerprint density at radius 3 is 2.80 bits per heavy atom. The Morgan fingerprint density at radius 1 is 1.47 bits per heavy atom. The molecule has 0 amide bonds. The van der Waals surface area contributed by atoms with Crippen molar-refractivity contribution in [1.82, 2.24) is 0 Å². The minimum Gasteiger partial charge on any atom is -0.446 e. The van der Waals surface area contributed by atoms with Gasteiger partial charge in [-0.1, -0.05) is 18.2 Å². The van der Waals surface area contributed by atoms with Gasteiger partial charge >= 0.3 is 5.97 Å². The number of nitro groups is 1. The van der Waals surface area contributed by atoms with Crippen LogP contribution in [0, 0.1) is 10.1 Å². The van der Waals surface area contributed by atoms with Crippen LogP contribution in [0.4, 0.5) is 0 Å². The number of rotatable bonds is 2. The number of carbonyl (C=O) groups excluding carboxylic acids is 1. The van der Waals surface area contributed by atoms with Crippen molar-refractivity contribution in [1.29, 1.82) is 0 Å². The van der Waals surface area contributed by atoms with Gasteiger partial charge in [0.05, 0.1) is 5.56 Å². The number of fused-ring (bicyclic) bond motifs is 1. The van der Waals surface area contributed by atoms with Crippen LogP contribution < -0.4 is 0 Å². The molecule has 0 N–H and O–H groups in total. The van der Waals surface area contributed by atoms with Gasteiger partial charge in [0, 0.05) is 17.4 Å². The average Bonchev–Trinajstić information content (AvgIpc) is 2.56. The average molecular weight is 207 g/mol. The number of ether oxygens (including phenoxy) is 1. The fraction of sp³-hybridized carbons (Fsp3) is 0.300. The molecule has 5 nitrogen and oxygen atoms in total. The largest absolute Gasteiger partial charge is 0.446 e. The molecule has 2 unspecified atom stereocenters. The summed E-state index contributed by atoms with van der Waals surface area (Å²) in [5, 5.41) is 10.6. The second-order valence-corrected chi connectivity index (χ2v) is 3.44. The van der Waals surface area contributed by atoms with E-state index in [1.807, 2.05) is 0 Å². The molecule has 0 saturated carbocycles. The number of nitrogens with zero attached hydrogens (tertiary/aromatic N) is 1. The van der Waals surface area contributed by atoms with E-state index in [2.05, 4.69) is 0 Å². The van der Waals surface area contributed by atoms with Gasteiger partial charge in [-0.05, 0) is 6.07 Å². The van der Waals surface area contributed by atoms with Crippen molar-refractivity contribution in [2.75, 3.05) is 0 Å². The summed E-state index contributed by atoms with van der Waals surface area (Å²) in [4.78, 5) is 21.5. The lowest BCUT2D eigenvalue weighted by Crippen LogP contribution is -2.24. The molecule has 0 radical (unpaired) electrons. The molecule has 78 valence electrons. The zero-order valence-corrected chi connectivity index (χ0v) is 8.04. The number of hydrogen-bond donors (Lipinski definition) is 0. The Morgan fingerprint density at radius 2 is 2.13 bits per heavy atom. The van der Waals surface area contributed by atoms with E-state index in [4.69, 9.17) is 4.74 Å². The summed E-state index contributed by atoms with van der Waals surface area (Å²) >= 11 is 0. The van der Waals surface area contributed by atoms with Crippen LogP contribution in [0.3, 0.4) is 0 Å². The first-order chi connectivity index (χ1) is 7.11. The van der Waals surface area contributed by atoms with Gasteiger partial charge in [0.25, 0.3) is 6.04 Å². The lowest BCUT2D eigenvalue weighted by Gasteiger charge is -2.11. The Bertz CT molecular complexity index is 429. The third kappa shape index (κ3) is 1.45. The van der Waals surface area contributed by atoms with E-state index in [1.165, 1.54) is 6.92 Å². The Hall–Kier alpha value is -1.91. The molecule has 1 aliphatic rings. The quantitative estimate of drug-likeness (QED) is 0.419. The molecule has 0 bridgehead atoms. The zero-order chi connectivity index (χ0) is 11.0. The number of hydrogen-bond acceptors (Lipinski definition) is 4. The maximum atomic E-state index is 11.4. The Kier molecular flexibility index (Phi) is 2.15. The monoisotopic (exact) mass is 207 g/mol. The van der Waals surface area contributed by atoms with E-state index >= 15 is 0 Å². The zero-order valence-electron chi connectivity index (χ0n) is 8.04. The second-order valence-electron chi connectivity index (χ2n) is 3.44. The van der Waals surface area contributed by atoms with Gasteiger partial charge < -0.3 is 4.74 Å². The molecule has 0 aromatic heterocycles. The molecule has 0 spiro atoms. The molecule has 0 fully saturated rings. The molecule has 1 heterocycles. The molecular weight excluding hydrogens is 198 g/mol. The molecule has 0 aliphatic carbocycles. The standard InChI is InChI=1S/C10H9NO4/c1-6(11(13)14)9-7-4-2-3-5-8(7)10(12)15-9/h2-6,9H,1H3. The summed E-state index contributed by atoms with van der Waals surface area (Å²) < 4.78 is 4.97. The lowest BCUT2D eigenvalue weighted by molar-refractivity contribution is -0.530. The van der Waals surface area contributed by atoms with Gasteiger partial charge in [0.15, 0.2) is 6.10 Å². The fourth-order valence-corrected chi connectivity index (χ4v) is 1.64. The maximum absolute atomic E-state index is 11.4. The first kappa shape index (κ1) is 9.64. The third-order valence-electron chi connectivity index (χ3n) is 2.49. The molecule has 2 rings (SSSR count). The summed E-state index contributed by atoms with van der Waals surface area (Å²) in [5.74, 6) is -0.482. The predicted molar refractivity (Wildman–Crippen MR) is 51.1 cm³/mol. The van der Waals surface area contributed by atoms with Gasteiger partial charge in [0.1, 0.15) is 0 Å². The molecule has 2 atom stereocenters. The first-order valence-electron chi connectivity index (χ1n) is 4.54. The predicted octanol–water partition coefficient (Wildman–Crippen LogP) is 1.56. The molecule has 15 heavy (non-hydrogen) atoms. The molecule has 1 aromatic rings. The van der Waals surface area contributed by atoms with Crippen LogP contribution in [0.15, 0.2) is 24.3 Å². The molecule has 1 aliphatic heterocycles. The highest BCUT2D eigenvalue weighted by molar-refractivity contribution is 5.94. The van der Waals surface area contributed by atoms with Crippen molar-refractivity contribution in [3.05, 3.63) is 45.5 Å². The third-order valence-corrected chi connectivity index (χ3v) is 2.49. The van der Waals surface area contributed by atoms with Gasteiger partial charge in [0.2, 0.25) is 0 Å². The van der Waals surface area contributed by atoms with Crippen molar-refractivity contribution in [2.45, 2.75) is 19.1 Å². The van der Waals surface area contributed by atoms with E-state index in [0.717, 1.165) is 0 Å². The lowest BCUT2D eigenvalue weighted by atomic mass is 10.0. The summed E-state index contributed by atoms with van der Waals surface area (Å²) in [6.45, 7) is 1.43. The molecule has 0 saturated heterocycles. The SMILES string of the molecule is CC(C1OC(=O)c2ccccc21)[N+](=O)[O-]. The second kappa shape index (κ2) is 3.34. The van der Waals surface area contributed by atoms with Crippen molar-refractivity contribution >= 4 is 5.97 Å². The van der Waals surface area contributed by atoms with Crippen molar-refractivity contribution in [3.8, 4) is 0 Å². The van der Waals surface area contributed by atoms with Crippen LogP contribution in [-0.4, -0.2) is 16.9 Å². The van der Waals surface area contributed by atoms with E-state index in [1.54, 1.807) is 24.3 Å². The highest BCUT2D eigenvalue weighted by Crippen LogP contribution is 2.33. The summed E-state index contributed by atoms with van der Waals surface area (Å²) in [5.41, 5.74) is 1.03. The van der Waals surface area contributed by atoms with Crippen LogP contribution in [0.25, 0.3) is 0 Å². The smallest absolute Gasteiger partial charge is 0.339 e. The Balaban J connectivity index is 2.40. The summed E-state index contributed by atoms with van der Waals surface area (Å²) in [6.07, 6.45) is -0.760. The van der Waals surface area contributed by atoms with Crippen molar-refractivity contribution < 1.29 is 14.5 Å². The maximum Gasteiger partial charge on any atom is 0.339 e. The van der Waals surface area contributed by atoms with E-state index in [9.17, 15) is 14.9 Å². The van der Waals surface area contributed by atoms with E-state index < -0.39 is 23.0 Å². The van der Waals surface area contributed by atoms with Crippen LogP contribution in [0.2, 0.25) is 0 Å². The Labute approximate surface area is 85.8 Å². The van der Waals surface area contributed by atoms with Crippen molar-refractivity contribution in [2.24, 2.45) is 0 Å². The van der Waals surface area contributed by atoms with E-state index in [-0.39, 0.29) is 0 Å². The van der Waals surface area contributed by atoms with Gasteiger partial charge in [-0.25, -0.2) is 4.79 Å². The fourth-order valence-electron chi connectivity index (χ4n) is 1.64.